The van der Waals surface area contributed by atoms with Gasteiger partial charge < -0.3 is 15.6 Å². The van der Waals surface area contributed by atoms with E-state index in [-0.39, 0.29) is 18.9 Å². The molecular weight excluding hydrogens is 276 g/mol. The van der Waals surface area contributed by atoms with E-state index < -0.39 is 0 Å². The molecule has 3 aromatic heterocycles. The van der Waals surface area contributed by atoms with Crippen LogP contribution in [0.2, 0.25) is 0 Å². The van der Waals surface area contributed by atoms with Gasteiger partial charge in [0.05, 0.1) is 18.1 Å². The summed E-state index contributed by atoms with van der Waals surface area (Å²) in [5.74, 6) is 0.494. The molecule has 1 saturated heterocycles. The first-order valence-corrected chi connectivity index (χ1v) is 7.41. The summed E-state index contributed by atoms with van der Waals surface area (Å²) in [5, 5.41) is 13.2. The van der Waals surface area contributed by atoms with Crippen molar-refractivity contribution in [2.75, 3.05) is 12.3 Å². The Hall–Kier alpha value is -1.70. The molecule has 2 atom stereocenters. The van der Waals surface area contributed by atoms with E-state index in [0.29, 0.717) is 5.82 Å². The lowest BCUT2D eigenvalue weighted by atomic mass is 10.2. The number of ether oxygens (including phenoxy) is 1. The number of nitrogen functional groups attached to an aromatic ring is 1. The molecule has 6 nitrogen and oxygen atoms in total. The zero-order valence-corrected chi connectivity index (χ0v) is 11.5. The van der Waals surface area contributed by atoms with Crippen LogP contribution in [0.1, 0.15) is 19.1 Å². The monoisotopic (exact) mass is 290 g/mol. The fourth-order valence-electron chi connectivity index (χ4n) is 2.88. The third kappa shape index (κ3) is 1.57. The molecule has 2 unspecified atom stereocenters. The Morgan fingerprint density at radius 3 is 3.15 bits per heavy atom. The minimum atomic E-state index is -0.0971. The first-order valence-electron chi connectivity index (χ1n) is 6.53. The molecule has 3 aromatic rings. The normalized spacial score (nSPS) is 23.1. The van der Waals surface area contributed by atoms with E-state index in [4.69, 9.17) is 10.5 Å². The van der Waals surface area contributed by atoms with Gasteiger partial charge in [0.2, 0.25) is 0 Å². The van der Waals surface area contributed by atoms with Crippen molar-refractivity contribution >= 4 is 38.4 Å². The van der Waals surface area contributed by atoms with Gasteiger partial charge in [-0.2, -0.15) is 0 Å². The third-order valence-corrected chi connectivity index (χ3v) is 4.71. The summed E-state index contributed by atoms with van der Waals surface area (Å²) in [7, 11) is 0. The number of rotatable bonds is 2. The number of nitrogens with two attached hydrogens (primary N) is 1. The van der Waals surface area contributed by atoms with Crippen LogP contribution in [0.3, 0.4) is 0 Å². The molecule has 20 heavy (non-hydrogen) atoms. The van der Waals surface area contributed by atoms with Crippen molar-refractivity contribution in [1.82, 2.24) is 14.5 Å². The molecule has 7 heteroatoms. The minimum absolute atomic E-state index is 0.0560. The fourth-order valence-corrected chi connectivity index (χ4v) is 3.83. The molecule has 3 N–H and O–H groups in total. The quantitative estimate of drug-likeness (QED) is 0.752. The summed E-state index contributed by atoms with van der Waals surface area (Å²) in [6, 6.07) is 2.04. The van der Waals surface area contributed by atoms with E-state index in [2.05, 4.69) is 14.5 Å². The largest absolute Gasteiger partial charge is 0.394 e. The molecule has 1 aliphatic heterocycles. The summed E-state index contributed by atoms with van der Waals surface area (Å²) in [5.41, 5.74) is 6.81. The highest BCUT2D eigenvalue weighted by atomic mass is 32.1. The van der Waals surface area contributed by atoms with E-state index in [1.54, 1.807) is 11.3 Å². The van der Waals surface area contributed by atoms with Crippen molar-refractivity contribution in [3.8, 4) is 0 Å². The molecule has 0 saturated carbocycles. The van der Waals surface area contributed by atoms with Crippen LogP contribution in [0.4, 0.5) is 5.82 Å². The molecule has 0 amide bonds. The van der Waals surface area contributed by atoms with Crippen LogP contribution in [0.15, 0.2) is 17.8 Å². The molecule has 0 spiro atoms. The van der Waals surface area contributed by atoms with Crippen molar-refractivity contribution < 1.29 is 9.84 Å². The number of fused-ring (bicyclic) bond motifs is 3. The second-order valence-electron chi connectivity index (χ2n) is 4.94. The zero-order chi connectivity index (χ0) is 13.7. The molecule has 0 aromatic carbocycles. The second-order valence-corrected chi connectivity index (χ2v) is 5.83. The topological polar surface area (TPSA) is 86.2 Å². The second kappa shape index (κ2) is 4.41. The molecule has 1 aliphatic rings. The van der Waals surface area contributed by atoms with Crippen molar-refractivity contribution in [2.24, 2.45) is 0 Å². The van der Waals surface area contributed by atoms with Gasteiger partial charge in [0, 0.05) is 5.39 Å². The Labute approximate surface area is 118 Å². The molecule has 4 rings (SSSR count). The Balaban J connectivity index is 1.97. The van der Waals surface area contributed by atoms with Gasteiger partial charge in [-0.3, -0.25) is 4.57 Å². The van der Waals surface area contributed by atoms with Crippen LogP contribution >= 0.6 is 11.3 Å². The summed E-state index contributed by atoms with van der Waals surface area (Å²) in [6.45, 7) is 0.0560. The average molecular weight is 290 g/mol. The molecule has 0 bridgehead atoms. The lowest BCUT2D eigenvalue weighted by molar-refractivity contribution is -0.0183. The van der Waals surface area contributed by atoms with E-state index in [1.807, 2.05) is 11.4 Å². The van der Waals surface area contributed by atoms with E-state index >= 15 is 0 Å². The Morgan fingerprint density at radius 1 is 1.45 bits per heavy atom. The van der Waals surface area contributed by atoms with Crippen molar-refractivity contribution in [2.45, 2.75) is 25.2 Å². The predicted molar refractivity (Wildman–Crippen MR) is 77.6 cm³/mol. The predicted octanol–water partition coefficient (Wildman–Crippen LogP) is 1.90. The van der Waals surface area contributed by atoms with Gasteiger partial charge in [0.15, 0.2) is 0 Å². The fraction of sp³-hybridized carbons (Fsp3) is 0.385. The van der Waals surface area contributed by atoms with Gasteiger partial charge in [-0.25, -0.2) is 9.97 Å². The highest BCUT2D eigenvalue weighted by Crippen LogP contribution is 2.40. The first-order chi connectivity index (χ1) is 9.79. The van der Waals surface area contributed by atoms with Crippen LogP contribution in [0, 0.1) is 0 Å². The highest BCUT2D eigenvalue weighted by Gasteiger charge is 2.29. The van der Waals surface area contributed by atoms with E-state index in [9.17, 15) is 5.11 Å². The van der Waals surface area contributed by atoms with E-state index in [0.717, 1.165) is 34.1 Å². The average Bonchev–Trinajstić information content (AvgIpc) is 3.12. The number of nitrogens with zero attached hydrogens (tertiary/aromatic N) is 3. The Kier molecular flexibility index (Phi) is 2.66. The number of hydrogen-bond acceptors (Lipinski definition) is 6. The molecule has 0 radical (unpaired) electrons. The summed E-state index contributed by atoms with van der Waals surface area (Å²) < 4.78 is 7.99. The van der Waals surface area contributed by atoms with Gasteiger partial charge in [0.25, 0.3) is 0 Å². The zero-order valence-electron chi connectivity index (χ0n) is 10.7. The number of anilines is 1. The van der Waals surface area contributed by atoms with Crippen molar-refractivity contribution in [3.05, 3.63) is 17.8 Å². The van der Waals surface area contributed by atoms with Crippen LogP contribution in [-0.2, 0) is 4.74 Å². The maximum Gasteiger partial charge on any atom is 0.149 e. The van der Waals surface area contributed by atoms with Gasteiger partial charge >= 0.3 is 0 Å². The van der Waals surface area contributed by atoms with Gasteiger partial charge in [-0.1, -0.05) is 0 Å². The summed E-state index contributed by atoms with van der Waals surface area (Å²) in [4.78, 5) is 9.56. The number of aliphatic hydroxyl groups excluding tert-OH is 1. The lowest BCUT2D eigenvalue weighted by Gasteiger charge is -2.15. The third-order valence-electron chi connectivity index (χ3n) is 3.79. The van der Waals surface area contributed by atoms with Gasteiger partial charge in [-0.05, 0) is 24.3 Å². The molecule has 1 fully saturated rings. The maximum atomic E-state index is 9.23. The maximum absolute atomic E-state index is 9.23. The smallest absolute Gasteiger partial charge is 0.149 e. The minimum Gasteiger partial charge on any atom is -0.394 e. The van der Waals surface area contributed by atoms with Gasteiger partial charge in [-0.15, -0.1) is 11.3 Å². The Bertz CT molecular complexity index is 781. The van der Waals surface area contributed by atoms with E-state index in [1.165, 1.54) is 6.33 Å². The van der Waals surface area contributed by atoms with Crippen LogP contribution in [0.5, 0.6) is 0 Å². The lowest BCUT2D eigenvalue weighted by Crippen LogP contribution is -2.14. The summed E-state index contributed by atoms with van der Waals surface area (Å²) >= 11 is 1.64. The molecular formula is C13H14N4O2S. The van der Waals surface area contributed by atoms with Crippen LogP contribution in [0.25, 0.3) is 21.3 Å². The van der Waals surface area contributed by atoms with Crippen LogP contribution in [-0.4, -0.2) is 32.4 Å². The highest BCUT2D eigenvalue weighted by molar-refractivity contribution is 7.17. The number of thiophene rings is 1. The van der Waals surface area contributed by atoms with Crippen molar-refractivity contribution in [3.63, 3.8) is 0 Å². The number of hydrogen-bond donors (Lipinski definition) is 2. The summed E-state index contributed by atoms with van der Waals surface area (Å²) in [6.07, 6.45) is 3.02. The molecule has 0 aliphatic carbocycles. The van der Waals surface area contributed by atoms with Crippen LogP contribution < -0.4 is 5.73 Å². The molecule has 4 heterocycles. The Morgan fingerprint density at radius 2 is 2.35 bits per heavy atom. The number of aromatic nitrogens is 3. The van der Waals surface area contributed by atoms with Crippen molar-refractivity contribution in [1.29, 1.82) is 0 Å². The number of aliphatic hydroxyl groups is 1. The SMILES string of the molecule is Nc1ncnc2c1c1ccsc1n2C1CCC(CO)O1. The molecule has 104 valence electrons. The van der Waals surface area contributed by atoms with Gasteiger partial charge in [0.1, 0.15) is 28.9 Å². The first kappa shape index (κ1) is 12.1. The standard InChI is InChI=1S/C13H14N4O2S/c14-11-10-8-3-4-20-13(8)17(12(10)16-6-15-11)9-2-1-7(5-18)19-9/h3-4,6-7,9,18H,1-2,5H2,(H2,14,15,16).